The van der Waals surface area contributed by atoms with E-state index < -0.39 is 54.7 Å². The average Bonchev–Trinajstić information content (AvgIpc) is 3.23. The summed E-state index contributed by atoms with van der Waals surface area (Å²) >= 11 is 0. The third kappa shape index (κ3) is 8.98. The molecule has 6 aromatic carbocycles. The van der Waals surface area contributed by atoms with Gasteiger partial charge in [0.2, 0.25) is 25.1 Å². The Morgan fingerprint density at radius 1 is 0.484 bits per heavy atom. The molecule has 1 atom stereocenters. The Bertz CT molecular complexity index is 2680. The summed E-state index contributed by atoms with van der Waals surface area (Å²) in [6.07, 6.45) is -11.2. The van der Waals surface area contributed by atoms with Crippen LogP contribution in [0.4, 0.5) is 26.3 Å². The van der Waals surface area contributed by atoms with E-state index in [1.807, 2.05) is 13.8 Å². The maximum absolute atomic E-state index is 15.0. The summed E-state index contributed by atoms with van der Waals surface area (Å²) in [7, 11) is -7.72. The van der Waals surface area contributed by atoms with E-state index in [0.717, 1.165) is 53.9 Å². The minimum absolute atomic E-state index is 0.00769. The maximum atomic E-state index is 15.0. The predicted molar refractivity (Wildman–Crippen MR) is 224 cm³/mol. The molecule has 0 heterocycles. The average molecular weight is 895 g/mol. The number of alkyl halides is 6. The fourth-order valence-corrected chi connectivity index (χ4v) is 9.58. The molecule has 6 rings (SSSR count). The Hall–Kier alpha value is -5.60. The van der Waals surface area contributed by atoms with Gasteiger partial charge in [-0.1, -0.05) is 93.9 Å². The van der Waals surface area contributed by atoms with Crippen LogP contribution in [0.1, 0.15) is 74.5 Å². The lowest BCUT2D eigenvalue weighted by Crippen LogP contribution is -2.54. The zero-order valence-corrected chi connectivity index (χ0v) is 36.0. The molecular formula is C48H44F6O6S2. The van der Waals surface area contributed by atoms with E-state index in [0.29, 0.717) is 24.1 Å². The number of ether oxygens (including phenoxy) is 2. The van der Waals surface area contributed by atoms with Crippen LogP contribution >= 0.6 is 0 Å². The van der Waals surface area contributed by atoms with Gasteiger partial charge in [-0.05, 0) is 132 Å². The van der Waals surface area contributed by atoms with Crippen LogP contribution in [0.5, 0.6) is 17.2 Å². The van der Waals surface area contributed by atoms with Crippen molar-refractivity contribution in [2.24, 2.45) is 0 Å². The van der Waals surface area contributed by atoms with Crippen LogP contribution in [-0.2, 0) is 30.5 Å². The summed E-state index contributed by atoms with van der Waals surface area (Å²) in [5.41, 5.74) is -4.38. The van der Waals surface area contributed by atoms with Crippen molar-refractivity contribution >= 4 is 19.7 Å². The minimum Gasteiger partial charge on any atom is -0.486 e. The van der Waals surface area contributed by atoms with Crippen molar-refractivity contribution in [2.75, 3.05) is 0 Å². The third-order valence-electron chi connectivity index (χ3n) is 11.2. The molecule has 326 valence electrons. The smallest absolute Gasteiger partial charge is 0.411 e. The van der Waals surface area contributed by atoms with Gasteiger partial charge in [0.05, 0.1) is 19.6 Å². The van der Waals surface area contributed by atoms with Gasteiger partial charge >= 0.3 is 12.4 Å². The zero-order chi connectivity index (χ0) is 45.3. The Balaban J connectivity index is 1.21. The highest BCUT2D eigenvalue weighted by Gasteiger charge is 2.72. The monoisotopic (exact) mass is 894 g/mol. The molecule has 6 nitrogen and oxygen atoms in total. The molecule has 0 amide bonds. The van der Waals surface area contributed by atoms with E-state index in [4.69, 9.17) is 9.47 Å². The van der Waals surface area contributed by atoms with Crippen molar-refractivity contribution in [3.63, 3.8) is 0 Å². The van der Waals surface area contributed by atoms with Crippen molar-refractivity contribution in [1.82, 2.24) is 0 Å². The quantitative estimate of drug-likeness (QED) is 0.101. The van der Waals surface area contributed by atoms with Crippen LogP contribution < -0.4 is 9.47 Å². The number of aryl methyl sites for hydroxylation is 1. The Kier molecular flexibility index (Phi) is 12.8. The van der Waals surface area contributed by atoms with E-state index in [1.54, 1.807) is 43.3 Å². The van der Waals surface area contributed by atoms with Gasteiger partial charge < -0.3 is 9.47 Å². The first-order valence-corrected chi connectivity index (χ1v) is 22.6. The summed E-state index contributed by atoms with van der Waals surface area (Å²) in [5.74, 6) is -0.00240. The topological polar surface area (TPSA) is 86.7 Å². The SMILES string of the molecule is CCC(Oc1ccc(C(c2ccc(Oc3ccc(S(=O)(=O)c4ccc(C(C)(C)CC)cc4)cc3)cc2)(C(F)(F)F)C(F)(F)F)cc1)c1ccc(S(=O)(=O)c2ccc(C)cc2)cc1. The Morgan fingerprint density at radius 3 is 1.21 bits per heavy atom. The summed E-state index contributed by atoms with van der Waals surface area (Å²) in [6.45, 7) is 9.74. The summed E-state index contributed by atoms with van der Waals surface area (Å²) < 4.78 is 155. The lowest BCUT2D eigenvalue weighted by Gasteiger charge is -2.38. The van der Waals surface area contributed by atoms with Gasteiger partial charge in [-0.15, -0.1) is 0 Å². The summed E-state index contributed by atoms with van der Waals surface area (Å²) in [6, 6.07) is 31.0. The van der Waals surface area contributed by atoms with Gasteiger partial charge in [0.25, 0.3) is 0 Å². The highest BCUT2D eigenvalue weighted by atomic mass is 32.2. The standard InChI is InChI=1S/C48H44F6O6S2/c1-6-44(33-10-26-41(27-11-33)61(55,56)40-24-8-32(3)9-25-40)60-39-20-14-36(15-21-39)46(47(49,50)51,48(52,53)54)35-12-18-37(19-13-35)59-38-22-30-43(31-23-38)62(57,58)42-28-16-34(17-29-42)45(4,5)7-2/h8-31,44H,6-7H2,1-5H3. The molecule has 1 unspecified atom stereocenters. The maximum Gasteiger partial charge on any atom is 0.411 e. The van der Waals surface area contributed by atoms with E-state index in [9.17, 15) is 43.2 Å². The normalized spacial score (nSPS) is 13.4. The van der Waals surface area contributed by atoms with Crippen LogP contribution in [0, 0.1) is 6.92 Å². The second-order valence-corrected chi connectivity index (χ2v) is 19.4. The lowest BCUT2D eigenvalue weighted by molar-refractivity contribution is -0.288. The molecule has 0 aliphatic heterocycles. The van der Waals surface area contributed by atoms with Crippen molar-refractivity contribution in [2.45, 2.75) is 96.3 Å². The van der Waals surface area contributed by atoms with Gasteiger partial charge in [0.15, 0.2) is 0 Å². The number of hydrogen-bond acceptors (Lipinski definition) is 6. The molecular weight excluding hydrogens is 851 g/mol. The highest BCUT2D eigenvalue weighted by Crippen LogP contribution is 2.56. The molecule has 0 saturated heterocycles. The van der Waals surface area contributed by atoms with Gasteiger partial charge in [-0.25, -0.2) is 16.8 Å². The van der Waals surface area contributed by atoms with Gasteiger partial charge in [0, 0.05) is 0 Å². The van der Waals surface area contributed by atoms with Crippen LogP contribution in [0.25, 0.3) is 0 Å². The number of hydrogen-bond donors (Lipinski definition) is 0. The first kappa shape index (κ1) is 45.9. The number of halogens is 6. The van der Waals surface area contributed by atoms with Gasteiger partial charge in [0.1, 0.15) is 23.4 Å². The molecule has 0 fully saturated rings. The van der Waals surface area contributed by atoms with Gasteiger partial charge in [-0.2, -0.15) is 26.3 Å². The number of rotatable bonds is 14. The molecule has 0 radical (unpaired) electrons. The summed E-state index contributed by atoms with van der Waals surface area (Å²) in [5, 5.41) is 0. The van der Waals surface area contributed by atoms with Crippen molar-refractivity contribution in [1.29, 1.82) is 0 Å². The molecule has 0 saturated carbocycles. The van der Waals surface area contributed by atoms with Crippen molar-refractivity contribution in [3.8, 4) is 17.2 Å². The molecule has 6 aromatic rings. The largest absolute Gasteiger partial charge is 0.486 e. The van der Waals surface area contributed by atoms with Crippen LogP contribution in [0.2, 0.25) is 0 Å². The van der Waals surface area contributed by atoms with E-state index in [2.05, 4.69) is 13.8 Å². The summed E-state index contributed by atoms with van der Waals surface area (Å²) in [4.78, 5) is 0.198. The van der Waals surface area contributed by atoms with Crippen LogP contribution in [-0.4, -0.2) is 29.2 Å². The first-order chi connectivity index (χ1) is 29.0. The van der Waals surface area contributed by atoms with Crippen LogP contribution in [0.3, 0.4) is 0 Å². The molecule has 0 aliphatic rings. The predicted octanol–water partition coefficient (Wildman–Crippen LogP) is 13.1. The van der Waals surface area contributed by atoms with E-state index >= 15 is 0 Å². The third-order valence-corrected chi connectivity index (χ3v) is 14.7. The van der Waals surface area contributed by atoms with Gasteiger partial charge in [-0.3, -0.25) is 0 Å². The number of sulfone groups is 2. The molecule has 0 spiro atoms. The molecule has 0 bridgehead atoms. The number of benzene rings is 6. The molecule has 0 N–H and O–H groups in total. The first-order valence-electron chi connectivity index (χ1n) is 19.6. The second kappa shape index (κ2) is 17.3. The molecule has 14 heteroatoms. The molecule has 0 aromatic heterocycles. The Labute approximate surface area is 358 Å². The Morgan fingerprint density at radius 2 is 0.823 bits per heavy atom. The van der Waals surface area contributed by atoms with Crippen LogP contribution in [0.15, 0.2) is 165 Å². The minimum atomic E-state index is -5.85. The van der Waals surface area contributed by atoms with Crippen molar-refractivity contribution < 1.29 is 52.7 Å². The van der Waals surface area contributed by atoms with E-state index in [-0.39, 0.29) is 42.2 Å². The van der Waals surface area contributed by atoms with Crippen molar-refractivity contribution in [3.05, 3.63) is 173 Å². The fraction of sp³-hybridized carbons (Fsp3) is 0.250. The second-order valence-electron chi connectivity index (χ2n) is 15.5. The molecule has 0 aliphatic carbocycles. The molecule has 62 heavy (non-hydrogen) atoms. The van der Waals surface area contributed by atoms with E-state index in [1.165, 1.54) is 60.7 Å². The zero-order valence-electron chi connectivity index (χ0n) is 34.4. The lowest BCUT2D eigenvalue weighted by atomic mass is 9.73. The fourth-order valence-electron chi connectivity index (χ4n) is 7.05. The highest BCUT2D eigenvalue weighted by molar-refractivity contribution is 7.91.